The molecule has 0 atom stereocenters. The van der Waals surface area contributed by atoms with Gasteiger partial charge in [0.15, 0.2) is 0 Å². The Morgan fingerprint density at radius 3 is 2.61 bits per heavy atom. The monoisotopic (exact) mass is 260 g/mol. The van der Waals surface area contributed by atoms with Gasteiger partial charge in [-0.25, -0.2) is 4.98 Å². The lowest BCUT2D eigenvalue weighted by molar-refractivity contribution is 0.943. The molecule has 1 aromatic carbocycles. The minimum Gasteiger partial charge on any atom is -0.330 e. The SMILES string of the molecule is Cc1ccc(Cc2sc(CCN)nc2C)cc1C. The van der Waals surface area contributed by atoms with Crippen molar-refractivity contribution in [1.29, 1.82) is 0 Å². The van der Waals surface area contributed by atoms with Crippen molar-refractivity contribution in [2.24, 2.45) is 5.73 Å². The quantitative estimate of drug-likeness (QED) is 0.917. The normalized spacial score (nSPS) is 10.9. The molecule has 2 aromatic rings. The Hall–Kier alpha value is -1.19. The van der Waals surface area contributed by atoms with Crippen LogP contribution in [0.1, 0.15) is 32.3 Å². The number of hydrogen-bond donors (Lipinski definition) is 1. The second-order valence-electron chi connectivity index (χ2n) is 4.75. The number of hydrogen-bond acceptors (Lipinski definition) is 3. The van der Waals surface area contributed by atoms with Crippen molar-refractivity contribution >= 4 is 11.3 Å². The molecule has 96 valence electrons. The number of thiazole rings is 1. The lowest BCUT2D eigenvalue weighted by atomic mass is 10.0. The molecule has 0 aliphatic heterocycles. The second kappa shape index (κ2) is 5.63. The predicted octanol–water partition coefficient (Wildman–Crippen LogP) is 3.16. The van der Waals surface area contributed by atoms with Crippen LogP contribution >= 0.6 is 11.3 Å². The number of nitrogens with zero attached hydrogens (tertiary/aromatic N) is 1. The van der Waals surface area contributed by atoms with E-state index >= 15 is 0 Å². The van der Waals surface area contributed by atoms with Crippen molar-refractivity contribution in [2.45, 2.75) is 33.6 Å². The van der Waals surface area contributed by atoms with Crippen molar-refractivity contribution < 1.29 is 0 Å². The maximum absolute atomic E-state index is 5.58. The fourth-order valence-electron chi connectivity index (χ4n) is 1.98. The van der Waals surface area contributed by atoms with Gasteiger partial charge in [0.05, 0.1) is 10.7 Å². The molecule has 0 aliphatic rings. The van der Waals surface area contributed by atoms with E-state index in [1.165, 1.54) is 21.6 Å². The fraction of sp³-hybridized carbons (Fsp3) is 0.400. The van der Waals surface area contributed by atoms with Crippen LogP contribution in [0.2, 0.25) is 0 Å². The molecule has 2 nitrogen and oxygen atoms in total. The van der Waals surface area contributed by atoms with E-state index in [2.05, 4.69) is 44.0 Å². The van der Waals surface area contributed by atoms with E-state index < -0.39 is 0 Å². The molecule has 2 rings (SSSR count). The van der Waals surface area contributed by atoms with Crippen molar-refractivity contribution in [3.63, 3.8) is 0 Å². The molecule has 0 amide bonds. The highest BCUT2D eigenvalue weighted by atomic mass is 32.1. The molecule has 1 heterocycles. The van der Waals surface area contributed by atoms with Crippen LogP contribution in [0.25, 0.3) is 0 Å². The largest absolute Gasteiger partial charge is 0.330 e. The third-order valence-electron chi connectivity index (χ3n) is 3.23. The third kappa shape index (κ3) is 2.98. The van der Waals surface area contributed by atoms with Crippen LogP contribution in [0, 0.1) is 20.8 Å². The predicted molar refractivity (Wildman–Crippen MR) is 78.3 cm³/mol. The van der Waals surface area contributed by atoms with Crippen molar-refractivity contribution in [3.8, 4) is 0 Å². The van der Waals surface area contributed by atoms with E-state index in [9.17, 15) is 0 Å². The Labute approximate surface area is 113 Å². The van der Waals surface area contributed by atoms with Crippen LogP contribution in [0.5, 0.6) is 0 Å². The molecule has 0 unspecified atom stereocenters. The van der Waals surface area contributed by atoms with Crippen LogP contribution < -0.4 is 5.73 Å². The van der Waals surface area contributed by atoms with Crippen molar-refractivity contribution in [2.75, 3.05) is 6.54 Å². The highest BCUT2D eigenvalue weighted by Gasteiger charge is 2.08. The van der Waals surface area contributed by atoms with E-state index in [-0.39, 0.29) is 0 Å². The first-order valence-corrected chi connectivity index (χ1v) is 7.13. The molecule has 0 fully saturated rings. The van der Waals surface area contributed by atoms with Gasteiger partial charge in [-0.1, -0.05) is 18.2 Å². The molecular weight excluding hydrogens is 240 g/mol. The van der Waals surface area contributed by atoms with Crippen LogP contribution in [0.4, 0.5) is 0 Å². The molecule has 0 spiro atoms. The van der Waals surface area contributed by atoms with Gasteiger partial charge in [0.1, 0.15) is 0 Å². The summed E-state index contributed by atoms with van der Waals surface area (Å²) in [5, 5.41) is 1.16. The second-order valence-corrected chi connectivity index (χ2v) is 5.92. The van der Waals surface area contributed by atoms with Gasteiger partial charge in [-0.2, -0.15) is 0 Å². The summed E-state index contributed by atoms with van der Waals surface area (Å²) in [6, 6.07) is 6.68. The van der Waals surface area contributed by atoms with Gasteiger partial charge in [0.2, 0.25) is 0 Å². The summed E-state index contributed by atoms with van der Waals surface area (Å²) in [5.41, 5.74) is 10.8. The molecule has 2 N–H and O–H groups in total. The van der Waals surface area contributed by atoms with Crippen LogP contribution in [0.3, 0.4) is 0 Å². The van der Waals surface area contributed by atoms with Crippen LogP contribution in [-0.4, -0.2) is 11.5 Å². The Kier molecular flexibility index (Phi) is 4.15. The van der Waals surface area contributed by atoms with Gasteiger partial charge in [-0.05, 0) is 44.0 Å². The van der Waals surface area contributed by atoms with Gasteiger partial charge >= 0.3 is 0 Å². The summed E-state index contributed by atoms with van der Waals surface area (Å²) in [4.78, 5) is 5.94. The van der Waals surface area contributed by atoms with E-state index in [0.29, 0.717) is 6.54 Å². The molecule has 0 radical (unpaired) electrons. The highest BCUT2D eigenvalue weighted by Crippen LogP contribution is 2.22. The van der Waals surface area contributed by atoms with Crippen molar-refractivity contribution in [1.82, 2.24) is 4.98 Å². The van der Waals surface area contributed by atoms with Crippen LogP contribution in [-0.2, 0) is 12.8 Å². The third-order valence-corrected chi connectivity index (χ3v) is 4.45. The van der Waals surface area contributed by atoms with Gasteiger partial charge in [-0.15, -0.1) is 11.3 Å². The highest BCUT2D eigenvalue weighted by molar-refractivity contribution is 7.11. The summed E-state index contributed by atoms with van der Waals surface area (Å²) in [6.45, 7) is 7.08. The van der Waals surface area contributed by atoms with Crippen molar-refractivity contribution in [3.05, 3.63) is 50.5 Å². The summed E-state index contributed by atoms with van der Waals surface area (Å²) in [5.74, 6) is 0. The minimum absolute atomic E-state index is 0.677. The molecular formula is C15H20N2S. The lowest BCUT2D eigenvalue weighted by Gasteiger charge is -2.04. The Balaban J connectivity index is 2.20. The maximum atomic E-state index is 5.58. The average molecular weight is 260 g/mol. The zero-order chi connectivity index (χ0) is 13.1. The first kappa shape index (κ1) is 13.2. The number of aromatic nitrogens is 1. The van der Waals surface area contributed by atoms with Gasteiger partial charge in [-0.3, -0.25) is 0 Å². The Morgan fingerprint density at radius 2 is 1.94 bits per heavy atom. The fourth-order valence-corrected chi connectivity index (χ4v) is 3.10. The minimum atomic E-state index is 0.677. The number of nitrogens with two attached hydrogens (primary N) is 1. The molecule has 0 saturated carbocycles. The van der Waals surface area contributed by atoms with E-state index in [4.69, 9.17) is 5.73 Å². The molecule has 18 heavy (non-hydrogen) atoms. The molecule has 0 aliphatic carbocycles. The number of rotatable bonds is 4. The maximum Gasteiger partial charge on any atom is 0.0943 e. The Morgan fingerprint density at radius 1 is 1.17 bits per heavy atom. The number of aryl methyl sites for hydroxylation is 3. The molecule has 1 aromatic heterocycles. The van der Waals surface area contributed by atoms with Crippen LogP contribution in [0.15, 0.2) is 18.2 Å². The summed E-state index contributed by atoms with van der Waals surface area (Å²) < 4.78 is 0. The smallest absolute Gasteiger partial charge is 0.0943 e. The summed E-state index contributed by atoms with van der Waals surface area (Å²) in [7, 11) is 0. The van der Waals surface area contributed by atoms with Gasteiger partial charge in [0, 0.05) is 17.7 Å². The summed E-state index contributed by atoms with van der Waals surface area (Å²) >= 11 is 1.80. The first-order chi connectivity index (χ1) is 8.60. The molecule has 0 bridgehead atoms. The van der Waals surface area contributed by atoms with E-state index in [0.717, 1.165) is 23.5 Å². The van der Waals surface area contributed by atoms with E-state index in [1.54, 1.807) is 11.3 Å². The average Bonchev–Trinajstić information content (AvgIpc) is 2.65. The lowest BCUT2D eigenvalue weighted by Crippen LogP contribution is -2.01. The topological polar surface area (TPSA) is 38.9 Å². The molecule has 3 heteroatoms. The number of benzene rings is 1. The van der Waals surface area contributed by atoms with Gasteiger partial charge < -0.3 is 5.73 Å². The zero-order valence-corrected chi connectivity index (χ0v) is 12.1. The first-order valence-electron chi connectivity index (χ1n) is 6.31. The standard InChI is InChI=1S/C15H20N2S/c1-10-4-5-13(8-11(10)2)9-14-12(3)17-15(18-14)6-7-16/h4-5,8H,6-7,9,16H2,1-3H3. The summed E-state index contributed by atoms with van der Waals surface area (Å²) in [6.07, 6.45) is 1.87. The van der Waals surface area contributed by atoms with E-state index in [1.807, 2.05) is 0 Å². The molecule has 0 saturated heterocycles. The van der Waals surface area contributed by atoms with Gasteiger partial charge in [0.25, 0.3) is 0 Å². The zero-order valence-electron chi connectivity index (χ0n) is 11.3. The Bertz CT molecular complexity index is 543.